The highest BCUT2D eigenvalue weighted by Crippen LogP contribution is 2.27. The number of amides is 1. The fourth-order valence-electron chi connectivity index (χ4n) is 1.60. The van der Waals surface area contributed by atoms with Crippen LogP contribution in [0.25, 0.3) is 0 Å². The molecule has 0 aliphatic heterocycles. The van der Waals surface area contributed by atoms with E-state index in [4.69, 9.17) is 0 Å². The Hall–Kier alpha value is -1.47. The van der Waals surface area contributed by atoms with E-state index in [2.05, 4.69) is 41.9 Å². The van der Waals surface area contributed by atoms with Crippen LogP contribution in [0.3, 0.4) is 0 Å². The van der Waals surface area contributed by atoms with Crippen molar-refractivity contribution in [2.24, 2.45) is 0 Å². The monoisotopic (exact) mass is 419 g/mol. The number of ether oxygens (including phenoxy) is 1. The molecule has 0 atom stereocenters. The molecule has 21 heavy (non-hydrogen) atoms. The van der Waals surface area contributed by atoms with Crippen LogP contribution < -0.4 is 10.1 Å². The fraction of sp³-hybridized carbons (Fsp3) is 0.0714. The molecule has 0 aliphatic rings. The molecule has 3 nitrogen and oxygen atoms in total. The molecule has 2 rings (SSSR count). The molecule has 0 saturated heterocycles. The Balaban J connectivity index is 2.16. The molecule has 0 fully saturated rings. The maximum Gasteiger partial charge on any atom is 0.387 e. The van der Waals surface area contributed by atoms with Gasteiger partial charge >= 0.3 is 6.61 Å². The summed E-state index contributed by atoms with van der Waals surface area (Å²) in [6.45, 7) is -2.93. The van der Waals surface area contributed by atoms with Crippen molar-refractivity contribution in [2.45, 2.75) is 6.61 Å². The van der Waals surface area contributed by atoms with Crippen molar-refractivity contribution in [1.82, 2.24) is 0 Å². The standard InChI is InChI=1S/C14H9Br2F2NO2/c15-9-4-5-12(11(16)7-9)19-13(20)8-2-1-3-10(6-8)21-14(17)18/h1-7,14H,(H,19,20). The molecule has 2 aromatic rings. The lowest BCUT2D eigenvalue weighted by Gasteiger charge is -2.09. The Morgan fingerprint density at radius 2 is 1.90 bits per heavy atom. The summed E-state index contributed by atoms with van der Waals surface area (Å²) in [4.78, 5) is 12.1. The van der Waals surface area contributed by atoms with Crippen molar-refractivity contribution in [1.29, 1.82) is 0 Å². The van der Waals surface area contributed by atoms with Crippen LogP contribution >= 0.6 is 31.9 Å². The smallest absolute Gasteiger partial charge is 0.387 e. The van der Waals surface area contributed by atoms with Crippen molar-refractivity contribution in [3.63, 3.8) is 0 Å². The fourth-order valence-corrected chi connectivity index (χ4v) is 2.75. The predicted octanol–water partition coefficient (Wildman–Crippen LogP) is 5.07. The van der Waals surface area contributed by atoms with Crippen LogP contribution in [0, 0.1) is 0 Å². The van der Waals surface area contributed by atoms with Gasteiger partial charge in [-0.1, -0.05) is 22.0 Å². The van der Waals surface area contributed by atoms with Gasteiger partial charge in [-0.25, -0.2) is 0 Å². The van der Waals surface area contributed by atoms with E-state index in [0.717, 1.165) is 4.47 Å². The molecule has 0 radical (unpaired) electrons. The largest absolute Gasteiger partial charge is 0.435 e. The molecule has 1 N–H and O–H groups in total. The summed E-state index contributed by atoms with van der Waals surface area (Å²) in [5.41, 5.74) is 0.798. The third-order valence-electron chi connectivity index (χ3n) is 2.50. The first-order valence-corrected chi connectivity index (χ1v) is 7.35. The van der Waals surface area contributed by atoms with E-state index >= 15 is 0 Å². The number of carbonyl (C=O) groups excluding carboxylic acids is 1. The number of anilines is 1. The van der Waals surface area contributed by atoms with E-state index in [1.54, 1.807) is 18.2 Å². The molecular weight excluding hydrogens is 412 g/mol. The molecule has 0 spiro atoms. The van der Waals surface area contributed by atoms with Gasteiger partial charge in [-0.3, -0.25) is 4.79 Å². The average Bonchev–Trinajstić information content (AvgIpc) is 2.41. The lowest BCUT2D eigenvalue weighted by Crippen LogP contribution is -2.12. The van der Waals surface area contributed by atoms with Gasteiger partial charge in [0.25, 0.3) is 5.91 Å². The lowest BCUT2D eigenvalue weighted by atomic mass is 10.2. The summed E-state index contributed by atoms with van der Waals surface area (Å²) < 4.78 is 30.1. The van der Waals surface area contributed by atoms with Crippen molar-refractivity contribution >= 4 is 43.5 Å². The van der Waals surface area contributed by atoms with E-state index in [1.807, 2.05) is 0 Å². The maximum atomic E-state index is 12.2. The Labute approximate surface area is 136 Å². The van der Waals surface area contributed by atoms with E-state index in [9.17, 15) is 13.6 Å². The molecule has 7 heteroatoms. The maximum absolute atomic E-state index is 12.2. The molecule has 110 valence electrons. The summed E-state index contributed by atoms with van der Waals surface area (Å²) in [7, 11) is 0. The zero-order valence-electron chi connectivity index (χ0n) is 10.4. The van der Waals surface area contributed by atoms with Crippen LogP contribution in [0.4, 0.5) is 14.5 Å². The summed E-state index contributed by atoms with van der Waals surface area (Å²) in [6.07, 6.45) is 0. The number of nitrogens with one attached hydrogen (secondary N) is 1. The zero-order valence-corrected chi connectivity index (χ0v) is 13.6. The minimum atomic E-state index is -2.93. The second-order valence-corrected chi connectivity index (χ2v) is 5.75. The second kappa shape index (κ2) is 7.00. The van der Waals surface area contributed by atoms with E-state index in [0.29, 0.717) is 10.2 Å². The van der Waals surface area contributed by atoms with Gasteiger partial charge in [0.1, 0.15) is 5.75 Å². The average molecular weight is 421 g/mol. The summed E-state index contributed by atoms with van der Waals surface area (Å²) >= 11 is 6.64. The van der Waals surface area contributed by atoms with Crippen molar-refractivity contribution in [3.05, 3.63) is 57.0 Å². The van der Waals surface area contributed by atoms with Gasteiger partial charge in [0.2, 0.25) is 0 Å². The summed E-state index contributed by atoms with van der Waals surface area (Å²) in [6, 6.07) is 10.9. The number of carbonyl (C=O) groups is 1. The molecule has 2 aromatic carbocycles. The van der Waals surface area contributed by atoms with Gasteiger partial charge in [0.15, 0.2) is 0 Å². The van der Waals surface area contributed by atoms with Crippen LogP contribution in [0.15, 0.2) is 51.4 Å². The van der Waals surface area contributed by atoms with Crippen molar-refractivity contribution < 1.29 is 18.3 Å². The van der Waals surface area contributed by atoms with E-state index < -0.39 is 12.5 Å². The van der Waals surface area contributed by atoms with E-state index in [-0.39, 0.29) is 11.3 Å². The first-order valence-electron chi connectivity index (χ1n) is 5.77. The van der Waals surface area contributed by atoms with Gasteiger partial charge in [0.05, 0.1) is 5.69 Å². The third kappa shape index (κ3) is 4.50. The van der Waals surface area contributed by atoms with Gasteiger partial charge in [-0.05, 0) is 52.3 Å². The Morgan fingerprint density at radius 1 is 1.14 bits per heavy atom. The topological polar surface area (TPSA) is 38.3 Å². The first-order chi connectivity index (χ1) is 9.95. The Kier molecular flexibility index (Phi) is 5.30. The molecular formula is C14H9Br2F2NO2. The molecule has 1 amide bonds. The molecule has 0 bridgehead atoms. The highest BCUT2D eigenvalue weighted by molar-refractivity contribution is 9.11. The Bertz CT molecular complexity index is 665. The quantitative estimate of drug-likeness (QED) is 0.750. The minimum absolute atomic E-state index is 0.0625. The third-order valence-corrected chi connectivity index (χ3v) is 3.65. The highest BCUT2D eigenvalue weighted by atomic mass is 79.9. The van der Waals surface area contributed by atoms with E-state index in [1.165, 1.54) is 24.3 Å². The Morgan fingerprint density at radius 3 is 2.57 bits per heavy atom. The van der Waals surface area contributed by atoms with Gasteiger partial charge < -0.3 is 10.1 Å². The molecule has 0 aromatic heterocycles. The second-order valence-electron chi connectivity index (χ2n) is 3.98. The van der Waals surface area contributed by atoms with Gasteiger partial charge in [0, 0.05) is 14.5 Å². The predicted molar refractivity (Wildman–Crippen MR) is 82.9 cm³/mol. The minimum Gasteiger partial charge on any atom is -0.435 e. The molecule has 0 saturated carbocycles. The van der Waals surface area contributed by atoms with Crippen LogP contribution in [-0.4, -0.2) is 12.5 Å². The van der Waals surface area contributed by atoms with Crippen LogP contribution in [-0.2, 0) is 0 Å². The number of rotatable bonds is 4. The summed E-state index contributed by atoms with van der Waals surface area (Å²) in [5.74, 6) is -0.481. The highest BCUT2D eigenvalue weighted by Gasteiger charge is 2.11. The zero-order chi connectivity index (χ0) is 15.4. The number of hydrogen-bond donors (Lipinski definition) is 1. The molecule has 0 aliphatic carbocycles. The lowest BCUT2D eigenvalue weighted by molar-refractivity contribution is -0.0498. The molecule has 0 unspecified atom stereocenters. The number of alkyl halides is 2. The molecule has 0 heterocycles. The van der Waals surface area contributed by atoms with Crippen LogP contribution in [0.5, 0.6) is 5.75 Å². The number of benzene rings is 2. The van der Waals surface area contributed by atoms with Crippen molar-refractivity contribution in [3.8, 4) is 5.75 Å². The van der Waals surface area contributed by atoms with Crippen LogP contribution in [0.1, 0.15) is 10.4 Å². The van der Waals surface area contributed by atoms with Gasteiger partial charge in [-0.15, -0.1) is 0 Å². The first kappa shape index (κ1) is 15.9. The SMILES string of the molecule is O=C(Nc1ccc(Br)cc1Br)c1cccc(OC(F)F)c1. The number of hydrogen-bond acceptors (Lipinski definition) is 2. The van der Waals surface area contributed by atoms with Crippen LogP contribution in [0.2, 0.25) is 0 Å². The van der Waals surface area contributed by atoms with Gasteiger partial charge in [-0.2, -0.15) is 8.78 Å². The summed E-state index contributed by atoms with van der Waals surface area (Å²) in [5, 5.41) is 2.68. The normalized spacial score (nSPS) is 10.5. The number of halogens is 4. The van der Waals surface area contributed by atoms with Crippen molar-refractivity contribution in [2.75, 3.05) is 5.32 Å².